The Hall–Kier alpha value is -2.08. The van der Waals surface area contributed by atoms with Crippen molar-refractivity contribution in [1.82, 2.24) is 14.7 Å². The quantitative estimate of drug-likeness (QED) is 0.773. The van der Waals surface area contributed by atoms with Gasteiger partial charge in [0, 0.05) is 45.3 Å². The molecule has 2 amide bonds. The Balaban J connectivity index is 1.42. The van der Waals surface area contributed by atoms with Gasteiger partial charge in [-0.1, -0.05) is 12.8 Å². The van der Waals surface area contributed by atoms with Gasteiger partial charge in [-0.05, 0) is 38.0 Å². The van der Waals surface area contributed by atoms with Crippen molar-refractivity contribution in [3.63, 3.8) is 0 Å². The van der Waals surface area contributed by atoms with Gasteiger partial charge in [-0.2, -0.15) is 0 Å². The topological polar surface area (TPSA) is 57.0 Å². The number of amides is 2. The molecule has 2 saturated heterocycles. The minimum atomic E-state index is -0.00227. The maximum absolute atomic E-state index is 12.5. The lowest BCUT2D eigenvalue weighted by molar-refractivity contribution is -0.133. The summed E-state index contributed by atoms with van der Waals surface area (Å²) in [5.74, 6) is 1.76. The SMILES string of the molecule is Cc1ccc(/C=C/C(=O)N2CCN(CC(=O)N3CCCCCC3)CC2)o1. The van der Waals surface area contributed by atoms with Crippen LogP contribution in [0, 0.1) is 6.92 Å². The fourth-order valence-corrected chi connectivity index (χ4v) is 3.54. The molecule has 3 rings (SSSR count). The van der Waals surface area contributed by atoms with Crippen molar-refractivity contribution in [2.75, 3.05) is 45.8 Å². The standard InChI is InChI=1S/C20H29N3O3/c1-17-6-7-18(26-17)8-9-19(24)23-14-12-21(13-15-23)16-20(25)22-10-4-2-3-5-11-22/h6-9H,2-5,10-16H2,1H3/b9-8+. The van der Waals surface area contributed by atoms with Crippen LogP contribution in [0.25, 0.3) is 6.08 Å². The van der Waals surface area contributed by atoms with Crippen LogP contribution in [-0.4, -0.2) is 72.3 Å². The van der Waals surface area contributed by atoms with Crippen LogP contribution in [-0.2, 0) is 9.59 Å². The molecule has 0 atom stereocenters. The molecule has 6 nitrogen and oxygen atoms in total. The molecule has 1 aromatic heterocycles. The summed E-state index contributed by atoms with van der Waals surface area (Å²) >= 11 is 0. The van der Waals surface area contributed by atoms with Crippen molar-refractivity contribution >= 4 is 17.9 Å². The molecule has 0 saturated carbocycles. The highest BCUT2D eigenvalue weighted by atomic mass is 16.3. The molecule has 2 aliphatic heterocycles. The summed E-state index contributed by atoms with van der Waals surface area (Å²) in [4.78, 5) is 30.8. The lowest BCUT2D eigenvalue weighted by Crippen LogP contribution is -2.51. The van der Waals surface area contributed by atoms with Crippen LogP contribution < -0.4 is 0 Å². The summed E-state index contributed by atoms with van der Waals surface area (Å²) in [6.07, 6.45) is 7.98. The van der Waals surface area contributed by atoms with E-state index in [1.165, 1.54) is 12.8 Å². The third-order valence-electron chi connectivity index (χ3n) is 5.15. The number of aryl methyl sites for hydroxylation is 1. The predicted molar refractivity (Wildman–Crippen MR) is 101 cm³/mol. The van der Waals surface area contributed by atoms with E-state index in [1.807, 2.05) is 28.9 Å². The molecule has 6 heteroatoms. The van der Waals surface area contributed by atoms with E-state index < -0.39 is 0 Å². The summed E-state index contributed by atoms with van der Waals surface area (Å²) in [5.41, 5.74) is 0. The third kappa shape index (κ3) is 5.21. The zero-order valence-electron chi connectivity index (χ0n) is 15.7. The Morgan fingerprint density at radius 1 is 0.962 bits per heavy atom. The Bertz CT molecular complexity index is 636. The van der Waals surface area contributed by atoms with E-state index in [2.05, 4.69) is 4.90 Å². The molecule has 0 bridgehead atoms. The minimum absolute atomic E-state index is 0.00227. The zero-order chi connectivity index (χ0) is 18.4. The molecule has 3 heterocycles. The second-order valence-electron chi connectivity index (χ2n) is 7.18. The van der Waals surface area contributed by atoms with Crippen molar-refractivity contribution in [2.45, 2.75) is 32.6 Å². The van der Waals surface area contributed by atoms with Gasteiger partial charge in [-0.3, -0.25) is 14.5 Å². The average molecular weight is 359 g/mol. The van der Waals surface area contributed by atoms with E-state index in [1.54, 1.807) is 12.2 Å². The molecule has 0 spiro atoms. The molecule has 0 radical (unpaired) electrons. The highest BCUT2D eigenvalue weighted by molar-refractivity contribution is 5.91. The zero-order valence-corrected chi connectivity index (χ0v) is 15.7. The van der Waals surface area contributed by atoms with Crippen LogP contribution in [0.3, 0.4) is 0 Å². The second-order valence-corrected chi connectivity index (χ2v) is 7.18. The molecule has 2 aliphatic rings. The van der Waals surface area contributed by atoms with E-state index in [0.29, 0.717) is 25.4 Å². The Labute approximate surface area is 155 Å². The van der Waals surface area contributed by atoms with Gasteiger partial charge in [-0.15, -0.1) is 0 Å². The van der Waals surface area contributed by atoms with E-state index >= 15 is 0 Å². The molecule has 0 aliphatic carbocycles. The van der Waals surface area contributed by atoms with E-state index in [0.717, 1.165) is 44.8 Å². The molecule has 0 aromatic carbocycles. The first-order valence-corrected chi connectivity index (χ1v) is 9.65. The molecule has 142 valence electrons. The Kier molecular flexibility index (Phi) is 6.50. The van der Waals surface area contributed by atoms with Crippen molar-refractivity contribution in [1.29, 1.82) is 0 Å². The van der Waals surface area contributed by atoms with Gasteiger partial charge in [0.2, 0.25) is 11.8 Å². The fraction of sp³-hybridized carbons (Fsp3) is 0.600. The number of furan rings is 1. The highest BCUT2D eigenvalue weighted by Crippen LogP contribution is 2.12. The summed E-state index contributed by atoms with van der Waals surface area (Å²) < 4.78 is 5.44. The van der Waals surface area contributed by atoms with Gasteiger partial charge in [0.25, 0.3) is 0 Å². The molecule has 26 heavy (non-hydrogen) atoms. The van der Waals surface area contributed by atoms with E-state index in [-0.39, 0.29) is 11.8 Å². The van der Waals surface area contributed by atoms with Crippen molar-refractivity contribution in [3.05, 3.63) is 29.7 Å². The number of carbonyl (C=O) groups is 2. The third-order valence-corrected chi connectivity index (χ3v) is 5.15. The van der Waals surface area contributed by atoms with E-state index in [9.17, 15) is 9.59 Å². The molecule has 1 aromatic rings. The maximum atomic E-state index is 12.5. The van der Waals surface area contributed by atoms with Gasteiger partial charge in [0.1, 0.15) is 11.5 Å². The number of hydrogen-bond acceptors (Lipinski definition) is 4. The number of hydrogen-bond donors (Lipinski definition) is 0. The molecule has 0 unspecified atom stereocenters. The largest absolute Gasteiger partial charge is 0.462 e. The van der Waals surface area contributed by atoms with Crippen LogP contribution in [0.2, 0.25) is 0 Å². The lowest BCUT2D eigenvalue weighted by Gasteiger charge is -2.34. The van der Waals surface area contributed by atoms with Gasteiger partial charge in [-0.25, -0.2) is 0 Å². The number of carbonyl (C=O) groups excluding carboxylic acids is 2. The van der Waals surface area contributed by atoms with Crippen LogP contribution in [0.1, 0.15) is 37.2 Å². The molecular formula is C20H29N3O3. The number of nitrogens with zero attached hydrogens (tertiary/aromatic N) is 3. The number of rotatable bonds is 4. The monoisotopic (exact) mass is 359 g/mol. The van der Waals surface area contributed by atoms with Crippen LogP contribution in [0.5, 0.6) is 0 Å². The summed E-state index contributed by atoms with van der Waals surface area (Å²) in [6.45, 7) is 6.97. The molecule has 0 N–H and O–H groups in total. The van der Waals surface area contributed by atoms with Crippen LogP contribution in [0.15, 0.2) is 22.6 Å². The van der Waals surface area contributed by atoms with Crippen molar-refractivity contribution in [2.24, 2.45) is 0 Å². The first-order valence-electron chi connectivity index (χ1n) is 9.65. The molecule has 2 fully saturated rings. The second kappa shape index (κ2) is 9.03. The van der Waals surface area contributed by atoms with Crippen LogP contribution >= 0.6 is 0 Å². The molecular weight excluding hydrogens is 330 g/mol. The van der Waals surface area contributed by atoms with Gasteiger partial charge >= 0.3 is 0 Å². The number of piperazine rings is 1. The minimum Gasteiger partial charge on any atom is -0.462 e. The maximum Gasteiger partial charge on any atom is 0.246 e. The lowest BCUT2D eigenvalue weighted by atomic mass is 10.2. The first-order chi connectivity index (χ1) is 12.6. The number of likely N-dealkylation sites (tertiary alicyclic amines) is 1. The van der Waals surface area contributed by atoms with Crippen molar-refractivity contribution < 1.29 is 14.0 Å². The smallest absolute Gasteiger partial charge is 0.246 e. The summed E-state index contributed by atoms with van der Waals surface area (Å²) in [5, 5.41) is 0. The summed E-state index contributed by atoms with van der Waals surface area (Å²) in [7, 11) is 0. The van der Waals surface area contributed by atoms with Gasteiger partial charge < -0.3 is 14.2 Å². The fourth-order valence-electron chi connectivity index (χ4n) is 3.54. The Morgan fingerprint density at radius 2 is 1.65 bits per heavy atom. The van der Waals surface area contributed by atoms with Gasteiger partial charge in [0.05, 0.1) is 6.54 Å². The van der Waals surface area contributed by atoms with Gasteiger partial charge in [0.15, 0.2) is 0 Å². The normalized spacial score (nSPS) is 19.7. The highest BCUT2D eigenvalue weighted by Gasteiger charge is 2.23. The Morgan fingerprint density at radius 3 is 2.27 bits per heavy atom. The summed E-state index contributed by atoms with van der Waals surface area (Å²) in [6, 6.07) is 3.73. The predicted octanol–water partition coefficient (Wildman–Crippen LogP) is 2.15. The first kappa shape index (κ1) is 18.7. The van der Waals surface area contributed by atoms with Crippen molar-refractivity contribution in [3.8, 4) is 0 Å². The average Bonchev–Trinajstić information content (AvgIpc) is 2.89. The van der Waals surface area contributed by atoms with E-state index in [4.69, 9.17) is 4.42 Å². The van der Waals surface area contributed by atoms with Crippen LogP contribution in [0.4, 0.5) is 0 Å².